The fourth-order valence-electron chi connectivity index (χ4n) is 3.80. The highest BCUT2D eigenvalue weighted by Gasteiger charge is 2.52. The Hall–Kier alpha value is -1.31. The summed E-state index contributed by atoms with van der Waals surface area (Å²) in [6, 6.07) is 9.95. The molecule has 0 amide bonds. The van der Waals surface area contributed by atoms with Crippen LogP contribution in [0.1, 0.15) is 44.1 Å². The molecule has 1 aromatic rings. The van der Waals surface area contributed by atoms with Crippen molar-refractivity contribution in [3.8, 4) is 0 Å². The first-order chi connectivity index (χ1) is 8.81. The lowest BCUT2D eigenvalue weighted by atomic mass is 9.80. The maximum Gasteiger partial charge on any atom is 0.312 e. The van der Waals surface area contributed by atoms with Crippen LogP contribution in [0.3, 0.4) is 0 Å². The molecule has 3 rings (SSSR count). The van der Waals surface area contributed by atoms with Crippen molar-refractivity contribution in [2.45, 2.75) is 45.1 Å². The van der Waals surface area contributed by atoms with Gasteiger partial charge in [-0.15, -0.1) is 0 Å². The number of hydrogen-bond donors (Lipinski definition) is 0. The van der Waals surface area contributed by atoms with Crippen LogP contribution in [-0.4, -0.2) is 5.97 Å². The minimum absolute atomic E-state index is 0.0614. The van der Waals surface area contributed by atoms with E-state index in [9.17, 15) is 4.79 Å². The van der Waals surface area contributed by atoms with Gasteiger partial charge in [-0.3, -0.25) is 4.79 Å². The van der Waals surface area contributed by atoms with E-state index in [1.807, 2.05) is 30.3 Å². The number of benzene rings is 1. The standard InChI is InChI=1S/C16H20O2/c17-15(18-12-13-6-2-1-3-7-13)16-10-4-8-14(16)9-5-11-16/h1-3,6-7,14H,4-5,8-12H2. The van der Waals surface area contributed by atoms with Crippen LogP contribution in [0.25, 0.3) is 0 Å². The number of rotatable bonds is 3. The van der Waals surface area contributed by atoms with Gasteiger partial charge in [0.05, 0.1) is 5.41 Å². The summed E-state index contributed by atoms with van der Waals surface area (Å²) in [6.45, 7) is 0.425. The molecular weight excluding hydrogens is 224 g/mol. The zero-order chi connectivity index (χ0) is 12.4. The van der Waals surface area contributed by atoms with Crippen molar-refractivity contribution in [1.29, 1.82) is 0 Å². The summed E-state index contributed by atoms with van der Waals surface area (Å²) in [6.07, 6.45) is 6.94. The van der Waals surface area contributed by atoms with E-state index < -0.39 is 0 Å². The third-order valence-electron chi connectivity index (χ3n) is 4.75. The molecule has 96 valence electrons. The molecule has 0 heterocycles. The molecule has 18 heavy (non-hydrogen) atoms. The predicted molar refractivity (Wildman–Crippen MR) is 69.9 cm³/mol. The Morgan fingerprint density at radius 1 is 1.17 bits per heavy atom. The zero-order valence-corrected chi connectivity index (χ0v) is 10.7. The molecule has 0 atom stereocenters. The number of ether oxygens (including phenoxy) is 1. The van der Waals surface area contributed by atoms with Gasteiger partial charge in [-0.05, 0) is 37.2 Å². The van der Waals surface area contributed by atoms with Crippen molar-refractivity contribution in [1.82, 2.24) is 0 Å². The highest BCUT2D eigenvalue weighted by Crippen LogP contribution is 2.54. The first-order valence-electron chi connectivity index (χ1n) is 7.02. The van der Waals surface area contributed by atoms with E-state index in [0.717, 1.165) is 18.4 Å². The lowest BCUT2D eigenvalue weighted by Gasteiger charge is -2.26. The van der Waals surface area contributed by atoms with Crippen molar-refractivity contribution in [2.24, 2.45) is 11.3 Å². The van der Waals surface area contributed by atoms with Crippen LogP contribution < -0.4 is 0 Å². The average molecular weight is 244 g/mol. The van der Waals surface area contributed by atoms with Gasteiger partial charge in [0, 0.05) is 0 Å². The van der Waals surface area contributed by atoms with Gasteiger partial charge in [0.2, 0.25) is 0 Å². The lowest BCUT2D eigenvalue weighted by Crippen LogP contribution is -2.32. The molecule has 0 aromatic heterocycles. The van der Waals surface area contributed by atoms with Crippen LogP contribution in [0.2, 0.25) is 0 Å². The maximum atomic E-state index is 12.4. The molecule has 2 heteroatoms. The summed E-state index contributed by atoms with van der Waals surface area (Å²) < 4.78 is 5.58. The zero-order valence-electron chi connectivity index (χ0n) is 10.7. The molecule has 2 aliphatic rings. The summed E-state index contributed by atoms with van der Waals surface area (Å²) in [5.74, 6) is 0.659. The number of carbonyl (C=O) groups is 1. The Morgan fingerprint density at radius 3 is 2.50 bits per heavy atom. The summed E-state index contributed by atoms with van der Waals surface area (Å²) in [5, 5.41) is 0. The average Bonchev–Trinajstić information content (AvgIpc) is 2.97. The van der Waals surface area contributed by atoms with Gasteiger partial charge >= 0.3 is 5.97 Å². The van der Waals surface area contributed by atoms with Gasteiger partial charge in [-0.25, -0.2) is 0 Å². The molecule has 2 fully saturated rings. The molecule has 2 aliphatic carbocycles. The first kappa shape index (κ1) is 11.8. The lowest BCUT2D eigenvalue weighted by molar-refractivity contribution is -0.158. The summed E-state index contributed by atoms with van der Waals surface area (Å²) in [7, 11) is 0. The molecule has 0 N–H and O–H groups in total. The van der Waals surface area contributed by atoms with Crippen molar-refractivity contribution in [3.63, 3.8) is 0 Å². The van der Waals surface area contributed by atoms with Gasteiger partial charge in [0.25, 0.3) is 0 Å². The van der Waals surface area contributed by atoms with Crippen molar-refractivity contribution < 1.29 is 9.53 Å². The second-order valence-electron chi connectivity index (χ2n) is 5.70. The molecule has 1 aromatic carbocycles. The fourth-order valence-corrected chi connectivity index (χ4v) is 3.80. The Kier molecular flexibility index (Phi) is 3.11. The van der Waals surface area contributed by atoms with Gasteiger partial charge in [-0.2, -0.15) is 0 Å². The minimum atomic E-state index is -0.116. The van der Waals surface area contributed by atoms with E-state index in [2.05, 4.69) is 0 Å². The molecular formula is C16H20O2. The second kappa shape index (κ2) is 4.75. The van der Waals surface area contributed by atoms with Gasteiger partial charge < -0.3 is 4.74 Å². The van der Waals surface area contributed by atoms with E-state index in [0.29, 0.717) is 12.5 Å². The molecule has 0 bridgehead atoms. The third kappa shape index (κ3) is 1.94. The van der Waals surface area contributed by atoms with Crippen molar-refractivity contribution in [2.75, 3.05) is 0 Å². The number of hydrogen-bond acceptors (Lipinski definition) is 2. The molecule has 2 saturated carbocycles. The molecule has 0 saturated heterocycles. The minimum Gasteiger partial charge on any atom is -0.460 e. The normalized spacial score (nSPS) is 30.1. The second-order valence-corrected chi connectivity index (χ2v) is 5.70. The van der Waals surface area contributed by atoms with Gasteiger partial charge in [0.15, 0.2) is 0 Å². The molecule has 0 unspecified atom stereocenters. The number of fused-ring (bicyclic) bond motifs is 1. The van der Waals surface area contributed by atoms with E-state index in [4.69, 9.17) is 4.74 Å². The molecule has 0 spiro atoms. The number of carbonyl (C=O) groups excluding carboxylic acids is 1. The van der Waals surface area contributed by atoms with E-state index in [1.165, 1.54) is 25.7 Å². The van der Waals surface area contributed by atoms with Crippen LogP contribution in [0, 0.1) is 11.3 Å². The molecule has 0 aliphatic heterocycles. The maximum absolute atomic E-state index is 12.4. The quantitative estimate of drug-likeness (QED) is 0.758. The predicted octanol–water partition coefficient (Wildman–Crippen LogP) is 3.70. The Balaban J connectivity index is 1.65. The van der Waals surface area contributed by atoms with Crippen LogP contribution in [0.15, 0.2) is 30.3 Å². The van der Waals surface area contributed by atoms with E-state index in [-0.39, 0.29) is 11.4 Å². The van der Waals surface area contributed by atoms with Crippen LogP contribution >= 0.6 is 0 Å². The first-order valence-corrected chi connectivity index (χ1v) is 7.02. The highest BCUT2D eigenvalue weighted by atomic mass is 16.5. The SMILES string of the molecule is O=C(OCc1ccccc1)C12CCCC1CCC2. The van der Waals surface area contributed by atoms with Crippen molar-refractivity contribution >= 4 is 5.97 Å². The van der Waals surface area contributed by atoms with Crippen LogP contribution in [0.4, 0.5) is 0 Å². The highest BCUT2D eigenvalue weighted by molar-refractivity contribution is 5.78. The van der Waals surface area contributed by atoms with Gasteiger partial charge in [-0.1, -0.05) is 43.2 Å². The van der Waals surface area contributed by atoms with Crippen LogP contribution in [0.5, 0.6) is 0 Å². The summed E-state index contributed by atoms with van der Waals surface area (Å²) in [4.78, 5) is 12.4. The fraction of sp³-hybridized carbons (Fsp3) is 0.562. The Labute approximate surface area is 108 Å². The Bertz CT molecular complexity index is 414. The number of esters is 1. The summed E-state index contributed by atoms with van der Waals surface area (Å²) >= 11 is 0. The summed E-state index contributed by atoms with van der Waals surface area (Å²) in [5.41, 5.74) is 0.962. The van der Waals surface area contributed by atoms with Gasteiger partial charge in [0.1, 0.15) is 6.61 Å². The third-order valence-corrected chi connectivity index (χ3v) is 4.75. The van der Waals surface area contributed by atoms with Crippen LogP contribution in [-0.2, 0) is 16.1 Å². The van der Waals surface area contributed by atoms with E-state index >= 15 is 0 Å². The largest absolute Gasteiger partial charge is 0.460 e. The molecule has 0 radical (unpaired) electrons. The van der Waals surface area contributed by atoms with E-state index in [1.54, 1.807) is 0 Å². The Morgan fingerprint density at radius 2 is 1.83 bits per heavy atom. The smallest absolute Gasteiger partial charge is 0.312 e. The molecule has 2 nitrogen and oxygen atoms in total. The monoisotopic (exact) mass is 244 g/mol. The van der Waals surface area contributed by atoms with Crippen molar-refractivity contribution in [3.05, 3.63) is 35.9 Å². The topological polar surface area (TPSA) is 26.3 Å².